The van der Waals surface area contributed by atoms with Crippen LogP contribution in [0.5, 0.6) is 11.5 Å². The quantitative estimate of drug-likeness (QED) is 0.322. The van der Waals surface area contributed by atoms with Gasteiger partial charge in [0.15, 0.2) is 0 Å². The van der Waals surface area contributed by atoms with Crippen LogP contribution in [0.25, 0.3) is 11.3 Å². The molecule has 3 aromatic carbocycles. The van der Waals surface area contributed by atoms with Crippen LogP contribution < -0.4 is 9.47 Å². The Bertz CT molecular complexity index is 1200. The Morgan fingerprint density at radius 1 is 0.806 bits per heavy atom. The van der Waals surface area contributed by atoms with Crippen LogP contribution in [0.3, 0.4) is 0 Å². The molecule has 2 heterocycles. The molecule has 1 aliphatic rings. The minimum atomic E-state index is 0.283. The number of benzene rings is 3. The predicted molar refractivity (Wildman–Crippen MR) is 141 cm³/mol. The van der Waals surface area contributed by atoms with Crippen molar-refractivity contribution in [3.05, 3.63) is 102 Å². The van der Waals surface area contributed by atoms with Gasteiger partial charge in [0.1, 0.15) is 23.0 Å². The van der Waals surface area contributed by atoms with Crippen molar-refractivity contribution in [1.82, 2.24) is 15.0 Å². The van der Waals surface area contributed by atoms with E-state index in [0.29, 0.717) is 0 Å². The van der Waals surface area contributed by atoms with Crippen molar-refractivity contribution in [3.63, 3.8) is 0 Å². The molecular weight excluding hydrogens is 450 g/mol. The number of ether oxygens (including phenoxy) is 2. The van der Waals surface area contributed by atoms with Gasteiger partial charge in [-0.15, -0.1) is 0 Å². The van der Waals surface area contributed by atoms with Crippen molar-refractivity contribution in [1.29, 1.82) is 0 Å². The monoisotopic (exact) mass is 483 g/mol. The third-order valence-electron chi connectivity index (χ3n) is 6.92. The fourth-order valence-electron chi connectivity index (χ4n) is 4.97. The minimum absolute atomic E-state index is 0.283. The molecule has 0 bridgehead atoms. The van der Waals surface area contributed by atoms with Crippen LogP contribution in [-0.4, -0.2) is 61.9 Å². The van der Waals surface area contributed by atoms with E-state index in [2.05, 4.69) is 75.6 Å². The molecule has 0 unspecified atom stereocenters. The molecule has 36 heavy (non-hydrogen) atoms. The molecule has 6 heteroatoms. The van der Waals surface area contributed by atoms with E-state index in [9.17, 15) is 0 Å². The average molecular weight is 484 g/mol. The van der Waals surface area contributed by atoms with E-state index < -0.39 is 0 Å². The molecule has 0 N–H and O–H groups in total. The molecule has 5 rings (SSSR count). The molecule has 186 valence electrons. The molecule has 1 fully saturated rings. The summed E-state index contributed by atoms with van der Waals surface area (Å²) in [5.74, 6) is 2.36. The lowest BCUT2D eigenvalue weighted by Gasteiger charge is -2.39. The van der Waals surface area contributed by atoms with Crippen LogP contribution in [-0.2, 0) is 6.42 Å². The first-order valence-electron chi connectivity index (χ1n) is 12.5. The van der Waals surface area contributed by atoms with Gasteiger partial charge in [-0.1, -0.05) is 65.8 Å². The summed E-state index contributed by atoms with van der Waals surface area (Å²) in [5, 5.41) is 4.29. The first kappa shape index (κ1) is 24.1. The van der Waals surface area contributed by atoms with Crippen molar-refractivity contribution in [2.24, 2.45) is 0 Å². The second-order valence-corrected chi connectivity index (χ2v) is 9.10. The fourth-order valence-corrected chi connectivity index (χ4v) is 4.97. The summed E-state index contributed by atoms with van der Waals surface area (Å²) in [6.45, 7) is 5.06. The summed E-state index contributed by atoms with van der Waals surface area (Å²) >= 11 is 0. The van der Waals surface area contributed by atoms with Gasteiger partial charge < -0.3 is 18.9 Å². The summed E-state index contributed by atoms with van der Waals surface area (Å²) in [7, 11) is 3.30. The second-order valence-electron chi connectivity index (χ2n) is 9.10. The summed E-state index contributed by atoms with van der Waals surface area (Å²) in [6.07, 6.45) is 0.826. The smallest absolute Gasteiger partial charge is 0.138 e. The molecule has 1 aliphatic heterocycles. The molecule has 0 saturated carbocycles. The topological polar surface area (TPSA) is 51.0 Å². The van der Waals surface area contributed by atoms with Gasteiger partial charge in [-0.2, -0.15) is 0 Å². The highest BCUT2D eigenvalue weighted by Crippen LogP contribution is 2.33. The molecule has 6 nitrogen and oxygen atoms in total. The SMILES string of the molecule is COc1ccc(-c2cc(CCN3CCN(C(c4ccccc4)c4ccccc4)CC3)on2)c(OC)c1. The molecule has 4 aromatic rings. The van der Waals surface area contributed by atoms with E-state index >= 15 is 0 Å². The molecule has 0 aliphatic carbocycles. The van der Waals surface area contributed by atoms with Crippen molar-refractivity contribution < 1.29 is 14.0 Å². The minimum Gasteiger partial charge on any atom is -0.497 e. The number of nitrogens with zero attached hydrogens (tertiary/aromatic N) is 3. The van der Waals surface area contributed by atoms with E-state index in [1.54, 1.807) is 14.2 Å². The highest BCUT2D eigenvalue weighted by molar-refractivity contribution is 5.68. The number of aromatic nitrogens is 1. The van der Waals surface area contributed by atoms with E-state index in [4.69, 9.17) is 14.0 Å². The van der Waals surface area contributed by atoms with Crippen molar-refractivity contribution in [3.8, 4) is 22.8 Å². The lowest BCUT2D eigenvalue weighted by molar-refractivity contribution is 0.109. The van der Waals surface area contributed by atoms with Gasteiger partial charge in [0.05, 0.1) is 20.3 Å². The molecule has 0 amide bonds. The van der Waals surface area contributed by atoms with Gasteiger partial charge in [0.25, 0.3) is 0 Å². The Kier molecular flexibility index (Phi) is 7.64. The Morgan fingerprint density at radius 2 is 1.47 bits per heavy atom. The fraction of sp³-hybridized carbons (Fsp3) is 0.300. The largest absolute Gasteiger partial charge is 0.497 e. The summed E-state index contributed by atoms with van der Waals surface area (Å²) in [6, 6.07) is 29.7. The normalized spacial score (nSPS) is 14.8. The maximum Gasteiger partial charge on any atom is 0.138 e. The molecule has 0 atom stereocenters. The maximum absolute atomic E-state index is 5.67. The van der Waals surface area contributed by atoms with E-state index in [-0.39, 0.29) is 6.04 Å². The summed E-state index contributed by atoms with van der Waals surface area (Å²) in [4.78, 5) is 5.11. The Morgan fingerprint density at radius 3 is 2.08 bits per heavy atom. The number of piperazine rings is 1. The van der Waals surface area contributed by atoms with Crippen molar-refractivity contribution >= 4 is 0 Å². The number of methoxy groups -OCH3 is 2. The van der Waals surface area contributed by atoms with Gasteiger partial charge in [-0.05, 0) is 23.3 Å². The van der Waals surface area contributed by atoms with Crippen molar-refractivity contribution in [2.45, 2.75) is 12.5 Å². The first-order valence-corrected chi connectivity index (χ1v) is 12.5. The van der Waals surface area contributed by atoms with Gasteiger partial charge >= 0.3 is 0 Å². The number of hydrogen-bond acceptors (Lipinski definition) is 6. The maximum atomic E-state index is 5.67. The van der Waals surface area contributed by atoms with Crippen LogP contribution >= 0.6 is 0 Å². The van der Waals surface area contributed by atoms with Crippen LogP contribution in [0.15, 0.2) is 89.5 Å². The average Bonchev–Trinajstić information content (AvgIpc) is 3.42. The Labute approximate surface area is 213 Å². The van der Waals surface area contributed by atoms with Crippen LogP contribution in [0.2, 0.25) is 0 Å². The standard InChI is InChI=1S/C30H33N3O3/c1-34-25-13-14-27(29(22-25)35-2)28-21-26(36-31-28)15-16-32-17-19-33(20-18-32)30(23-9-5-3-6-10-23)24-11-7-4-8-12-24/h3-14,21-22,30H,15-20H2,1-2H3. The van der Waals surface area contributed by atoms with Gasteiger partial charge in [0.2, 0.25) is 0 Å². The first-order chi connectivity index (χ1) is 17.7. The zero-order chi connectivity index (χ0) is 24.7. The molecule has 1 aromatic heterocycles. The lowest BCUT2D eigenvalue weighted by atomic mass is 9.96. The third kappa shape index (κ3) is 5.45. The van der Waals surface area contributed by atoms with Gasteiger partial charge in [-0.3, -0.25) is 4.90 Å². The summed E-state index contributed by atoms with van der Waals surface area (Å²) in [5.41, 5.74) is 4.37. The number of hydrogen-bond donors (Lipinski definition) is 0. The molecular formula is C30H33N3O3. The molecule has 1 saturated heterocycles. The molecule has 0 spiro atoms. The molecule has 0 radical (unpaired) electrons. The van der Waals surface area contributed by atoms with E-state index in [1.807, 2.05) is 24.3 Å². The predicted octanol–water partition coefficient (Wildman–Crippen LogP) is 5.31. The lowest BCUT2D eigenvalue weighted by Crippen LogP contribution is -2.48. The number of rotatable bonds is 9. The highest BCUT2D eigenvalue weighted by Gasteiger charge is 2.26. The van der Waals surface area contributed by atoms with E-state index in [1.165, 1.54) is 11.1 Å². The van der Waals surface area contributed by atoms with Crippen LogP contribution in [0.1, 0.15) is 22.9 Å². The summed E-state index contributed by atoms with van der Waals surface area (Å²) < 4.78 is 16.5. The third-order valence-corrected chi connectivity index (χ3v) is 6.92. The van der Waals surface area contributed by atoms with Crippen LogP contribution in [0.4, 0.5) is 0 Å². The van der Waals surface area contributed by atoms with E-state index in [0.717, 1.165) is 67.7 Å². The zero-order valence-corrected chi connectivity index (χ0v) is 21.0. The van der Waals surface area contributed by atoms with Gasteiger partial charge in [-0.25, -0.2) is 0 Å². The highest BCUT2D eigenvalue weighted by atomic mass is 16.5. The van der Waals surface area contributed by atoms with Crippen LogP contribution in [0, 0.1) is 0 Å². The second kappa shape index (κ2) is 11.4. The Hall–Kier alpha value is -3.61. The zero-order valence-electron chi connectivity index (χ0n) is 21.0. The van der Waals surface area contributed by atoms with Crippen molar-refractivity contribution in [2.75, 3.05) is 46.9 Å². The Balaban J connectivity index is 1.20. The van der Waals surface area contributed by atoms with Gasteiger partial charge in [0, 0.05) is 56.8 Å².